The van der Waals surface area contributed by atoms with E-state index < -0.39 is 0 Å². The van der Waals surface area contributed by atoms with Crippen LogP contribution in [-0.4, -0.2) is 5.78 Å². The number of hydrogen-bond donors (Lipinski definition) is 0. The highest BCUT2D eigenvalue weighted by molar-refractivity contribution is 6.14. The van der Waals surface area contributed by atoms with Crippen LogP contribution in [0.25, 0.3) is 11.0 Å². The first-order valence-electron chi connectivity index (χ1n) is 4.57. The number of carbonyl (C=O) groups is 1. The van der Waals surface area contributed by atoms with Gasteiger partial charge < -0.3 is 4.42 Å². The molecule has 0 amide bonds. The SMILES string of the molecule is O=C1C=CCc2oc3ccccc3c21. The Labute approximate surface area is 80.8 Å². The fourth-order valence-corrected chi connectivity index (χ4v) is 1.87. The number of carbonyl (C=O) groups excluding carboxylic acids is 1. The summed E-state index contributed by atoms with van der Waals surface area (Å²) in [6.07, 6.45) is 4.17. The predicted molar refractivity (Wildman–Crippen MR) is 53.4 cm³/mol. The van der Waals surface area contributed by atoms with E-state index in [0.717, 1.165) is 28.7 Å². The largest absolute Gasteiger partial charge is 0.460 e. The van der Waals surface area contributed by atoms with Gasteiger partial charge in [-0.3, -0.25) is 4.79 Å². The van der Waals surface area contributed by atoms with Crippen molar-refractivity contribution in [3.05, 3.63) is 47.7 Å². The summed E-state index contributed by atoms with van der Waals surface area (Å²) in [5.41, 5.74) is 1.54. The van der Waals surface area contributed by atoms with Crippen LogP contribution in [0.15, 0.2) is 40.8 Å². The van der Waals surface area contributed by atoms with Crippen LogP contribution in [0.2, 0.25) is 0 Å². The standard InChI is InChI=1S/C12H8O2/c13-9-5-3-7-11-12(9)8-4-1-2-6-10(8)14-11/h1-6H,7H2. The van der Waals surface area contributed by atoms with E-state index in [1.54, 1.807) is 6.08 Å². The third-order valence-electron chi connectivity index (χ3n) is 2.49. The molecule has 0 atom stereocenters. The Morgan fingerprint density at radius 3 is 3.00 bits per heavy atom. The van der Waals surface area contributed by atoms with Crippen molar-refractivity contribution in [2.24, 2.45) is 0 Å². The van der Waals surface area contributed by atoms with Gasteiger partial charge in [0.2, 0.25) is 0 Å². The Hall–Kier alpha value is -1.83. The number of rotatable bonds is 0. The summed E-state index contributed by atoms with van der Waals surface area (Å²) in [5.74, 6) is 0.843. The quantitative estimate of drug-likeness (QED) is 0.630. The van der Waals surface area contributed by atoms with Gasteiger partial charge in [0.15, 0.2) is 5.78 Å². The smallest absolute Gasteiger partial charge is 0.189 e. The number of allylic oxidation sites excluding steroid dienone is 2. The zero-order chi connectivity index (χ0) is 9.54. The molecule has 2 aromatic rings. The summed E-state index contributed by atoms with van der Waals surface area (Å²) in [4.78, 5) is 11.6. The molecule has 14 heavy (non-hydrogen) atoms. The van der Waals surface area contributed by atoms with Crippen LogP contribution < -0.4 is 0 Å². The van der Waals surface area contributed by atoms with E-state index in [1.165, 1.54) is 0 Å². The lowest BCUT2D eigenvalue weighted by atomic mass is 10.0. The molecule has 0 unspecified atom stereocenters. The molecule has 1 aromatic heterocycles. The summed E-state index contributed by atoms with van der Waals surface area (Å²) in [5, 5.41) is 0.928. The van der Waals surface area contributed by atoms with Crippen LogP contribution in [0.3, 0.4) is 0 Å². The van der Waals surface area contributed by atoms with Crippen LogP contribution in [0, 0.1) is 0 Å². The monoisotopic (exact) mass is 184 g/mol. The second-order valence-electron chi connectivity index (χ2n) is 3.37. The number of ketones is 1. The Kier molecular flexibility index (Phi) is 1.39. The molecule has 1 aliphatic carbocycles. The van der Waals surface area contributed by atoms with Gasteiger partial charge in [-0.05, 0) is 12.1 Å². The molecule has 0 fully saturated rings. The number of fused-ring (bicyclic) bond motifs is 3. The third-order valence-corrected chi connectivity index (χ3v) is 2.49. The second-order valence-corrected chi connectivity index (χ2v) is 3.37. The van der Waals surface area contributed by atoms with E-state index in [2.05, 4.69) is 0 Å². The molecule has 0 spiro atoms. The van der Waals surface area contributed by atoms with Gasteiger partial charge >= 0.3 is 0 Å². The fraction of sp³-hybridized carbons (Fsp3) is 0.0833. The maximum atomic E-state index is 11.6. The normalized spacial score (nSPS) is 14.7. The number of furan rings is 1. The maximum absolute atomic E-state index is 11.6. The second kappa shape index (κ2) is 2.58. The summed E-state index contributed by atoms with van der Waals surface area (Å²) in [6.45, 7) is 0. The van der Waals surface area contributed by atoms with Crippen LogP contribution in [0.1, 0.15) is 16.1 Å². The average molecular weight is 184 g/mol. The highest BCUT2D eigenvalue weighted by Crippen LogP contribution is 2.28. The Morgan fingerprint density at radius 2 is 2.07 bits per heavy atom. The van der Waals surface area contributed by atoms with Gasteiger partial charge in [0, 0.05) is 11.8 Å². The third kappa shape index (κ3) is 0.880. The Balaban J connectivity index is 2.42. The van der Waals surface area contributed by atoms with E-state index >= 15 is 0 Å². The number of hydrogen-bond acceptors (Lipinski definition) is 2. The topological polar surface area (TPSA) is 30.2 Å². The molecule has 1 aromatic carbocycles. The predicted octanol–water partition coefficient (Wildman–Crippen LogP) is 2.73. The molecule has 0 radical (unpaired) electrons. The molecule has 2 nitrogen and oxygen atoms in total. The van der Waals surface area contributed by atoms with E-state index in [4.69, 9.17) is 4.42 Å². The Bertz CT molecular complexity index is 546. The van der Waals surface area contributed by atoms with Gasteiger partial charge in [-0.2, -0.15) is 0 Å². The lowest BCUT2D eigenvalue weighted by Crippen LogP contribution is -2.01. The highest BCUT2D eigenvalue weighted by Gasteiger charge is 2.20. The molecule has 68 valence electrons. The zero-order valence-corrected chi connectivity index (χ0v) is 7.49. The van der Waals surface area contributed by atoms with E-state index in [0.29, 0.717) is 0 Å². The lowest BCUT2D eigenvalue weighted by Gasteiger charge is -2.00. The Morgan fingerprint density at radius 1 is 1.21 bits per heavy atom. The molecule has 0 N–H and O–H groups in total. The van der Waals surface area contributed by atoms with Crippen molar-refractivity contribution >= 4 is 16.8 Å². The van der Waals surface area contributed by atoms with Crippen LogP contribution >= 0.6 is 0 Å². The first-order valence-corrected chi connectivity index (χ1v) is 4.57. The van der Waals surface area contributed by atoms with Crippen molar-refractivity contribution in [3.8, 4) is 0 Å². The molecular weight excluding hydrogens is 176 g/mol. The molecule has 3 rings (SSSR count). The molecule has 0 saturated heterocycles. The minimum Gasteiger partial charge on any atom is -0.460 e. The molecule has 1 heterocycles. The van der Waals surface area contributed by atoms with Gasteiger partial charge in [-0.15, -0.1) is 0 Å². The van der Waals surface area contributed by atoms with E-state index in [9.17, 15) is 4.79 Å². The minimum absolute atomic E-state index is 0.0520. The van der Waals surface area contributed by atoms with Gasteiger partial charge in [-0.1, -0.05) is 24.3 Å². The van der Waals surface area contributed by atoms with Crippen LogP contribution in [0.5, 0.6) is 0 Å². The van der Waals surface area contributed by atoms with Gasteiger partial charge in [0.25, 0.3) is 0 Å². The van der Waals surface area contributed by atoms with Crippen LogP contribution in [-0.2, 0) is 6.42 Å². The first-order chi connectivity index (χ1) is 6.86. The zero-order valence-electron chi connectivity index (χ0n) is 7.49. The van der Waals surface area contributed by atoms with E-state index in [-0.39, 0.29) is 5.78 Å². The average Bonchev–Trinajstić information content (AvgIpc) is 2.57. The van der Waals surface area contributed by atoms with E-state index in [1.807, 2.05) is 30.3 Å². The summed E-state index contributed by atoms with van der Waals surface area (Å²) in [6, 6.07) is 7.65. The van der Waals surface area contributed by atoms with Crippen molar-refractivity contribution < 1.29 is 9.21 Å². The van der Waals surface area contributed by atoms with Gasteiger partial charge in [-0.25, -0.2) is 0 Å². The van der Waals surface area contributed by atoms with Crippen LogP contribution in [0.4, 0.5) is 0 Å². The molecule has 1 aliphatic rings. The summed E-state index contributed by atoms with van der Waals surface area (Å²) >= 11 is 0. The fourth-order valence-electron chi connectivity index (χ4n) is 1.87. The van der Waals surface area contributed by atoms with Crippen molar-refractivity contribution in [2.45, 2.75) is 6.42 Å². The van der Waals surface area contributed by atoms with Crippen molar-refractivity contribution in [3.63, 3.8) is 0 Å². The van der Waals surface area contributed by atoms with Gasteiger partial charge in [0.1, 0.15) is 11.3 Å². The summed E-state index contributed by atoms with van der Waals surface area (Å²) < 4.78 is 5.59. The lowest BCUT2D eigenvalue weighted by molar-refractivity contribution is 0.104. The molecular formula is C12H8O2. The minimum atomic E-state index is 0.0520. The molecule has 0 bridgehead atoms. The molecule has 0 aliphatic heterocycles. The van der Waals surface area contributed by atoms with Crippen molar-refractivity contribution in [1.29, 1.82) is 0 Å². The summed E-state index contributed by atoms with van der Waals surface area (Å²) in [7, 11) is 0. The number of benzene rings is 1. The van der Waals surface area contributed by atoms with Gasteiger partial charge in [0.05, 0.1) is 5.56 Å². The molecule has 2 heteroatoms. The highest BCUT2D eigenvalue weighted by atomic mass is 16.3. The maximum Gasteiger partial charge on any atom is 0.189 e. The van der Waals surface area contributed by atoms with Crippen molar-refractivity contribution in [1.82, 2.24) is 0 Å². The molecule has 0 saturated carbocycles. The first kappa shape index (κ1) is 7.56. The van der Waals surface area contributed by atoms with Crippen molar-refractivity contribution in [2.75, 3.05) is 0 Å². The number of para-hydroxylation sites is 1.